The average Bonchev–Trinajstić information content (AvgIpc) is 3.02. The molecule has 1 aliphatic heterocycles. The molecule has 28 heavy (non-hydrogen) atoms. The smallest absolute Gasteiger partial charge is 0.341 e. The molecule has 0 fully saturated rings. The number of methoxy groups -OCH3 is 1. The molecule has 0 aromatic heterocycles. The number of anilines is 1. The van der Waals surface area contributed by atoms with Gasteiger partial charge in [-0.2, -0.15) is 0 Å². The van der Waals surface area contributed by atoms with E-state index < -0.39 is 0 Å². The number of nitrogens with one attached hydrogen (secondary N) is 1. The number of cyclic esters (lactones) is 1. The summed E-state index contributed by atoms with van der Waals surface area (Å²) >= 11 is 0. The Bertz CT molecular complexity index is 780. The summed E-state index contributed by atoms with van der Waals surface area (Å²) in [5, 5.41) is 3.41. The molecular weight excluding hydrogens is 358 g/mol. The van der Waals surface area contributed by atoms with Gasteiger partial charge >= 0.3 is 11.9 Å². The summed E-state index contributed by atoms with van der Waals surface area (Å²) in [6, 6.07) is 0.151. The SMILES string of the molecule is CCOC(=O)CCC(C)=CCc1c(NC(C)C)c2c(c(C)c1OC)COC2=O. The Morgan fingerprint density at radius 1 is 1.32 bits per heavy atom. The summed E-state index contributed by atoms with van der Waals surface area (Å²) in [7, 11) is 1.65. The molecule has 0 unspecified atom stereocenters. The number of rotatable bonds is 9. The highest BCUT2D eigenvalue weighted by Gasteiger charge is 2.32. The lowest BCUT2D eigenvalue weighted by atomic mass is 9.93. The van der Waals surface area contributed by atoms with Crippen LogP contribution in [0.2, 0.25) is 0 Å². The molecule has 1 heterocycles. The second kappa shape index (κ2) is 9.62. The van der Waals surface area contributed by atoms with E-state index in [1.54, 1.807) is 14.0 Å². The number of hydrogen-bond donors (Lipinski definition) is 1. The zero-order valence-electron chi connectivity index (χ0n) is 17.7. The van der Waals surface area contributed by atoms with Crippen molar-refractivity contribution in [2.24, 2.45) is 0 Å². The van der Waals surface area contributed by atoms with Crippen LogP contribution in [0.1, 0.15) is 67.6 Å². The first-order valence-electron chi connectivity index (χ1n) is 9.77. The lowest BCUT2D eigenvalue weighted by molar-refractivity contribution is -0.143. The minimum absolute atomic E-state index is 0.151. The molecule has 0 atom stereocenters. The van der Waals surface area contributed by atoms with Crippen LogP contribution >= 0.6 is 0 Å². The summed E-state index contributed by atoms with van der Waals surface area (Å²) in [6.45, 7) is 10.5. The van der Waals surface area contributed by atoms with Crippen molar-refractivity contribution in [1.29, 1.82) is 0 Å². The Balaban J connectivity index is 2.38. The van der Waals surface area contributed by atoms with E-state index in [0.29, 0.717) is 31.4 Å². The molecule has 0 saturated heterocycles. The zero-order chi connectivity index (χ0) is 20.8. The predicted molar refractivity (Wildman–Crippen MR) is 109 cm³/mol. The van der Waals surface area contributed by atoms with E-state index in [9.17, 15) is 9.59 Å². The Morgan fingerprint density at radius 3 is 2.64 bits per heavy atom. The second-order valence-electron chi connectivity index (χ2n) is 7.30. The summed E-state index contributed by atoms with van der Waals surface area (Å²) in [6.07, 6.45) is 3.67. The molecule has 0 aliphatic carbocycles. The van der Waals surface area contributed by atoms with Crippen molar-refractivity contribution in [3.05, 3.63) is 33.9 Å². The third-order valence-electron chi connectivity index (χ3n) is 4.79. The quantitative estimate of drug-likeness (QED) is 0.501. The van der Waals surface area contributed by atoms with Crippen molar-refractivity contribution in [2.75, 3.05) is 19.0 Å². The van der Waals surface area contributed by atoms with Gasteiger partial charge in [-0.25, -0.2) is 4.79 Å². The molecule has 0 radical (unpaired) electrons. The van der Waals surface area contributed by atoms with Crippen molar-refractivity contribution < 1.29 is 23.8 Å². The highest BCUT2D eigenvalue weighted by Crippen LogP contribution is 2.41. The number of allylic oxidation sites excluding steroid dienone is 2. The van der Waals surface area contributed by atoms with Gasteiger partial charge in [-0.3, -0.25) is 4.79 Å². The number of esters is 2. The molecule has 1 N–H and O–H groups in total. The highest BCUT2D eigenvalue weighted by atomic mass is 16.5. The average molecular weight is 389 g/mol. The first-order chi connectivity index (χ1) is 13.3. The van der Waals surface area contributed by atoms with Crippen molar-refractivity contribution in [3.63, 3.8) is 0 Å². The number of benzene rings is 1. The topological polar surface area (TPSA) is 73.9 Å². The molecule has 1 aromatic rings. The molecule has 1 aliphatic rings. The van der Waals surface area contributed by atoms with E-state index in [-0.39, 0.29) is 24.6 Å². The normalized spacial score (nSPS) is 13.4. The minimum Gasteiger partial charge on any atom is -0.496 e. The van der Waals surface area contributed by atoms with Gasteiger partial charge in [0.2, 0.25) is 0 Å². The van der Waals surface area contributed by atoms with Gasteiger partial charge < -0.3 is 19.5 Å². The molecule has 6 nitrogen and oxygen atoms in total. The molecule has 0 amide bonds. The number of carbonyl (C=O) groups excluding carboxylic acids is 2. The molecule has 6 heteroatoms. The third kappa shape index (κ3) is 4.86. The van der Waals surface area contributed by atoms with E-state index in [4.69, 9.17) is 14.2 Å². The number of hydrogen-bond acceptors (Lipinski definition) is 6. The Hall–Kier alpha value is -2.50. The molecule has 0 bridgehead atoms. The lowest BCUT2D eigenvalue weighted by Gasteiger charge is -2.22. The number of ether oxygens (including phenoxy) is 3. The summed E-state index contributed by atoms with van der Waals surface area (Å²) in [5.74, 6) is 0.286. The maximum atomic E-state index is 12.4. The maximum Gasteiger partial charge on any atom is 0.341 e. The standard InChI is InChI=1S/C22H31NO5/c1-7-27-18(24)11-9-14(4)8-10-16-20(23-13(2)3)19-17(12-28-22(19)25)15(5)21(16)26-6/h8,13,23H,7,9-12H2,1-6H3. The molecular formula is C22H31NO5. The zero-order valence-corrected chi connectivity index (χ0v) is 17.7. The van der Waals surface area contributed by atoms with E-state index >= 15 is 0 Å². The third-order valence-corrected chi connectivity index (χ3v) is 4.79. The second-order valence-corrected chi connectivity index (χ2v) is 7.30. The maximum absolute atomic E-state index is 12.4. The first-order valence-corrected chi connectivity index (χ1v) is 9.77. The largest absolute Gasteiger partial charge is 0.496 e. The Morgan fingerprint density at radius 2 is 2.04 bits per heavy atom. The monoisotopic (exact) mass is 389 g/mol. The van der Waals surface area contributed by atoms with Gasteiger partial charge in [0.25, 0.3) is 0 Å². The van der Waals surface area contributed by atoms with Crippen molar-refractivity contribution in [3.8, 4) is 5.75 Å². The van der Waals surface area contributed by atoms with Gasteiger partial charge in [-0.1, -0.05) is 11.6 Å². The summed E-state index contributed by atoms with van der Waals surface area (Å²) < 4.78 is 16.0. The molecule has 0 spiro atoms. The Kier molecular flexibility index (Phi) is 7.49. The van der Waals surface area contributed by atoms with Crippen LogP contribution in [0.15, 0.2) is 11.6 Å². The fourth-order valence-electron chi connectivity index (χ4n) is 3.41. The van der Waals surface area contributed by atoms with Crippen LogP contribution in [-0.4, -0.2) is 31.7 Å². The highest BCUT2D eigenvalue weighted by molar-refractivity contribution is 6.01. The van der Waals surface area contributed by atoms with E-state index in [0.717, 1.165) is 33.7 Å². The fourth-order valence-corrected chi connectivity index (χ4v) is 3.41. The lowest BCUT2D eigenvalue weighted by Crippen LogP contribution is -2.16. The van der Waals surface area contributed by atoms with Crippen LogP contribution in [0.3, 0.4) is 0 Å². The van der Waals surface area contributed by atoms with Crippen molar-refractivity contribution in [2.45, 2.75) is 66.5 Å². The van der Waals surface area contributed by atoms with Crippen LogP contribution in [0, 0.1) is 6.92 Å². The predicted octanol–water partition coefficient (Wildman–Crippen LogP) is 4.33. The fraction of sp³-hybridized carbons (Fsp3) is 0.545. The van der Waals surface area contributed by atoms with Crippen LogP contribution in [-0.2, 0) is 27.3 Å². The van der Waals surface area contributed by atoms with Gasteiger partial charge in [0.1, 0.15) is 12.4 Å². The molecule has 1 aromatic carbocycles. The Labute approximate surface area is 167 Å². The summed E-state index contributed by atoms with van der Waals surface area (Å²) in [4.78, 5) is 24.0. The van der Waals surface area contributed by atoms with Crippen LogP contribution in [0.5, 0.6) is 5.75 Å². The molecule has 154 valence electrons. The van der Waals surface area contributed by atoms with Crippen LogP contribution in [0.25, 0.3) is 0 Å². The van der Waals surface area contributed by atoms with Gasteiger partial charge in [0, 0.05) is 23.6 Å². The van der Waals surface area contributed by atoms with Gasteiger partial charge in [-0.05, 0) is 53.0 Å². The van der Waals surface area contributed by atoms with Crippen molar-refractivity contribution >= 4 is 17.6 Å². The van der Waals surface area contributed by atoms with E-state index in [1.165, 1.54) is 0 Å². The first kappa shape index (κ1) is 21.8. The number of fused-ring (bicyclic) bond motifs is 1. The minimum atomic E-state index is -0.298. The van der Waals surface area contributed by atoms with Crippen LogP contribution in [0.4, 0.5) is 5.69 Å². The van der Waals surface area contributed by atoms with Gasteiger partial charge in [0.05, 0.1) is 25.0 Å². The van der Waals surface area contributed by atoms with Crippen molar-refractivity contribution in [1.82, 2.24) is 0 Å². The van der Waals surface area contributed by atoms with Gasteiger partial charge in [0.15, 0.2) is 0 Å². The molecule has 2 rings (SSSR count). The van der Waals surface area contributed by atoms with E-state index in [2.05, 4.69) is 11.4 Å². The van der Waals surface area contributed by atoms with Crippen LogP contribution < -0.4 is 10.1 Å². The summed E-state index contributed by atoms with van der Waals surface area (Å²) in [5.41, 5.74) is 5.24. The van der Waals surface area contributed by atoms with Gasteiger partial charge in [-0.15, -0.1) is 0 Å². The molecule has 0 saturated carbocycles. The van der Waals surface area contributed by atoms with E-state index in [1.807, 2.05) is 27.7 Å². The number of carbonyl (C=O) groups is 2.